The maximum Gasteiger partial charge on any atom is 0.481 e. The van der Waals surface area contributed by atoms with E-state index < -0.39 is 108 Å². The van der Waals surface area contributed by atoms with Crippen LogP contribution in [0, 0.1) is 5.41 Å². The van der Waals surface area contributed by atoms with Gasteiger partial charge in [-0.25, -0.2) is 28.6 Å². The molecule has 0 aliphatic carbocycles. The molecule has 3 unspecified atom stereocenters. The van der Waals surface area contributed by atoms with Crippen molar-refractivity contribution in [3.8, 4) is 0 Å². The molecule has 0 radical (unpaired) electrons. The van der Waals surface area contributed by atoms with Gasteiger partial charge in [0.2, 0.25) is 16.9 Å². The van der Waals surface area contributed by atoms with Crippen LogP contribution >= 0.6 is 35.2 Å². The predicted octanol–water partition coefficient (Wildman–Crippen LogP) is -2.11. The molecule has 322 valence electrons. The van der Waals surface area contributed by atoms with E-state index in [4.69, 9.17) is 24.6 Å². The van der Waals surface area contributed by atoms with E-state index >= 15 is 0 Å². The Labute approximate surface area is 326 Å². The summed E-state index contributed by atoms with van der Waals surface area (Å²) < 4.78 is 61.9. The molecule has 8 atom stereocenters. The number of phosphoric ester groups is 3. The summed E-state index contributed by atoms with van der Waals surface area (Å²) in [6, 6.07) is 0. The number of aliphatic hydroxyl groups is 3. The van der Waals surface area contributed by atoms with Crippen LogP contribution in [0.5, 0.6) is 0 Å². The predicted molar refractivity (Wildman–Crippen MR) is 190 cm³/mol. The van der Waals surface area contributed by atoms with Crippen molar-refractivity contribution < 1.29 is 95.5 Å². The molecule has 2 amide bonds. The topological polar surface area (TPSA) is 421 Å². The molecule has 27 nitrogen and oxygen atoms in total. The van der Waals surface area contributed by atoms with E-state index in [1.165, 1.54) is 13.8 Å². The van der Waals surface area contributed by atoms with E-state index in [9.17, 15) is 67.8 Å². The van der Waals surface area contributed by atoms with Gasteiger partial charge in [0.15, 0.2) is 17.7 Å². The number of aliphatic hydroxyl groups excluding tert-OH is 2. The third-order valence-electron chi connectivity index (χ3n) is 7.67. The van der Waals surface area contributed by atoms with Crippen LogP contribution in [0.3, 0.4) is 0 Å². The number of aromatic nitrogens is 4. The summed E-state index contributed by atoms with van der Waals surface area (Å²) in [5.41, 5.74) is 2.06. The highest BCUT2D eigenvalue weighted by atomic mass is 32.2. The monoisotopic (exact) mass is 897 g/mol. The summed E-state index contributed by atoms with van der Waals surface area (Å²) in [5.74, 6) is -3.06. The largest absolute Gasteiger partial charge is 0.481 e. The molecule has 1 aliphatic rings. The Kier molecular flexibility index (Phi) is 16.4. The van der Waals surface area contributed by atoms with Gasteiger partial charge in [-0.1, -0.05) is 25.6 Å². The minimum absolute atomic E-state index is 0.00200. The van der Waals surface area contributed by atoms with Crippen molar-refractivity contribution in [1.82, 2.24) is 30.2 Å². The Morgan fingerprint density at radius 2 is 1.68 bits per heavy atom. The van der Waals surface area contributed by atoms with Crippen molar-refractivity contribution in [1.29, 1.82) is 0 Å². The number of fused-ring (bicyclic) bond motifs is 1. The van der Waals surface area contributed by atoms with Crippen LogP contribution in [-0.4, -0.2) is 144 Å². The molecule has 57 heavy (non-hydrogen) atoms. The smallest absolute Gasteiger partial charge is 0.481 e. The van der Waals surface area contributed by atoms with E-state index in [2.05, 4.69) is 34.4 Å². The summed E-state index contributed by atoms with van der Waals surface area (Å²) in [6.07, 6.45) is -8.02. The van der Waals surface area contributed by atoms with Crippen molar-refractivity contribution in [3.63, 3.8) is 0 Å². The fraction of sp³-hybridized carbons (Fsp3) is 0.654. The third-order valence-corrected chi connectivity index (χ3v) is 11.9. The number of nitrogen functional groups attached to an aromatic ring is 1. The van der Waals surface area contributed by atoms with Gasteiger partial charge in [0, 0.05) is 30.7 Å². The van der Waals surface area contributed by atoms with Gasteiger partial charge in [-0.15, -0.1) is 0 Å². The number of carbonyl (C=O) groups excluding carboxylic acids is 3. The first kappa shape index (κ1) is 48.4. The highest BCUT2D eigenvalue weighted by molar-refractivity contribution is 8.13. The lowest BCUT2D eigenvalue weighted by Gasteiger charge is -2.30. The minimum atomic E-state index is -5.60. The van der Waals surface area contributed by atoms with Crippen LogP contribution in [0.4, 0.5) is 5.82 Å². The quantitative estimate of drug-likeness (QED) is 0.0445. The molecule has 12 N–H and O–H groups in total. The molecule has 0 aromatic carbocycles. The number of thioether (sulfide) groups is 1. The van der Waals surface area contributed by atoms with Crippen LogP contribution in [0.1, 0.15) is 39.8 Å². The molecule has 0 bridgehead atoms. The molecule has 3 rings (SSSR count). The Balaban J connectivity index is 1.49. The average molecular weight is 898 g/mol. The highest BCUT2D eigenvalue weighted by Gasteiger charge is 2.50. The number of imidazole rings is 1. The molecule has 2 aromatic rings. The zero-order valence-corrected chi connectivity index (χ0v) is 33.6. The van der Waals surface area contributed by atoms with Gasteiger partial charge in [-0.3, -0.25) is 37.3 Å². The molecule has 1 fully saturated rings. The Morgan fingerprint density at radius 1 is 1.04 bits per heavy atom. The molecule has 0 saturated carbocycles. The first-order valence-electron chi connectivity index (χ1n) is 16.1. The average Bonchev–Trinajstić information content (AvgIpc) is 3.63. The summed E-state index contributed by atoms with van der Waals surface area (Å²) in [7, 11) is -16.5. The van der Waals surface area contributed by atoms with Crippen molar-refractivity contribution in [2.45, 2.75) is 69.9 Å². The van der Waals surface area contributed by atoms with E-state index in [-0.39, 0.29) is 42.2 Å². The molecular formula is C26H42N7O20P3S. The third kappa shape index (κ3) is 14.3. The second kappa shape index (κ2) is 19.4. The molecule has 2 aromatic heterocycles. The normalized spacial score (nSPS) is 22.6. The molecule has 1 saturated heterocycles. The lowest BCUT2D eigenvalue weighted by atomic mass is 9.87. The van der Waals surface area contributed by atoms with Gasteiger partial charge >= 0.3 is 29.4 Å². The second-order valence-electron chi connectivity index (χ2n) is 13.0. The van der Waals surface area contributed by atoms with E-state index in [0.29, 0.717) is 11.8 Å². The molecular weight excluding hydrogens is 855 g/mol. The maximum absolute atomic E-state index is 12.7. The molecule has 31 heteroatoms. The van der Waals surface area contributed by atoms with Gasteiger partial charge in [0.25, 0.3) is 0 Å². The van der Waals surface area contributed by atoms with Crippen LogP contribution < -0.4 is 16.4 Å². The minimum Gasteiger partial charge on any atom is -0.481 e. The number of amides is 2. The highest BCUT2D eigenvalue weighted by Crippen LogP contribution is 2.61. The zero-order valence-electron chi connectivity index (χ0n) is 30.1. The van der Waals surface area contributed by atoms with Crippen molar-refractivity contribution in [3.05, 3.63) is 12.7 Å². The van der Waals surface area contributed by atoms with Gasteiger partial charge < -0.3 is 61.1 Å². The van der Waals surface area contributed by atoms with Crippen molar-refractivity contribution >= 4 is 75.1 Å². The van der Waals surface area contributed by atoms with Gasteiger partial charge in [-0.2, -0.15) is 4.31 Å². The first-order chi connectivity index (χ1) is 26.1. The standard InChI is InChI=1S/C26H42N7O20P3S/c1-25(2,19(38)22(39)29-5-4-14(34)28-6-7-57-24(40)26(3,41)8-15(35)36)10-50-56(47,48)53-55(45,46)49-9-13-18(52-54(42,43)44)17(37)23(51-13)33-12-32-16-20(27)30-11-31-21(16)33/h11-13,17-19,23,37-38,41H,4-10H2,1-3H3,(H,28,34)(H,29,39)(H,35,36)(H,45,46)(H,47,48)(H2,27,30,31)(H2,42,43,44)/t13-,17-,18-,19+,23-,26?/m1/s1. The van der Waals surface area contributed by atoms with E-state index in [1.807, 2.05) is 0 Å². The van der Waals surface area contributed by atoms with Gasteiger partial charge in [-0.05, 0) is 6.92 Å². The van der Waals surface area contributed by atoms with Crippen LogP contribution in [0.25, 0.3) is 11.2 Å². The lowest BCUT2D eigenvalue weighted by Crippen LogP contribution is -2.46. The number of carbonyl (C=O) groups is 4. The number of hydrogen-bond donors (Lipinski definition) is 11. The van der Waals surface area contributed by atoms with Crippen molar-refractivity contribution in [2.24, 2.45) is 5.41 Å². The number of rotatable bonds is 22. The van der Waals surface area contributed by atoms with E-state index in [1.54, 1.807) is 0 Å². The number of nitrogens with zero attached hydrogens (tertiary/aromatic N) is 4. The Morgan fingerprint density at radius 3 is 2.32 bits per heavy atom. The van der Waals surface area contributed by atoms with Gasteiger partial charge in [0.1, 0.15) is 41.9 Å². The number of nitrogens with two attached hydrogens (primary N) is 1. The number of phosphoric acid groups is 3. The molecule has 3 heterocycles. The van der Waals surface area contributed by atoms with E-state index in [0.717, 1.165) is 24.1 Å². The summed E-state index contributed by atoms with van der Waals surface area (Å²) in [6.45, 7) is 1.02. The Hall–Kier alpha value is -3.01. The number of anilines is 1. The van der Waals surface area contributed by atoms with Crippen LogP contribution in [0.15, 0.2) is 12.7 Å². The Bertz CT molecular complexity index is 1930. The maximum atomic E-state index is 12.7. The first-order valence-corrected chi connectivity index (χ1v) is 21.7. The zero-order chi connectivity index (χ0) is 43.1. The number of aliphatic carboxylic acids is 1. The number of hydrogen-bond acceptors (Lipinski definition) is 20. The van der Waals surface area contributed by atoms with Crippen LogP contribution in [0.2, 0.25) is 0 Å². The number of nitrogens with one attached hydrogen (secondary N) is 2. The number of carboxylic acid groups (broad SMARTS) is 1. The fourth-order valence-electron chi connectivity index (χ4n) is 4.80. The molecule has 1 aliphatic heterocycles. The van der Waals surface area contributed by atoms with Gasteiger partial charge in [0.05, 0.1) is 26.0 Å². The second-order valence-corrected chi connectivity index (χ2v) is 18.4. The van der Waals surface area contributed by atoms with Crippen molar-refractivity contribution in [2.75, 3.05) is 37.8 Å². The SMILES string of the molecule is CC(O)(CC(=O)O)C(=O)SCCNC(=O)CCNC(=O)[C@H](O)C(C)(C)COP(=O)(O)OP(=O)(O)OC[C@H]1O[C@@H](n2cnc3c(N)ncnc32)[C@H](O)[C@@H]1OP(=O)(O)O. The fourth-order valence-corrected chi connectivity index (χ4v) is 8.40. The molecule has 0 spiro atoms. The summed E-state index contributed by atoms with van der Waals surface area (Å²) in [4.78, 5) is 98.1. The number of ether oxygens (including phenoxy) is 1. The lowest BCUT2D eigenvalue weighted by molar-refractivity contribution is -0.146. The summed E-state index contributed by atoms with van der Waals surface area (Å²) >= 11 is 0.606. The summed E-state index contributed by atoms with van der Waals surface area (Å²) in [5, 5.41) is 43.9. The number of carboxylic acids is 1. The van der Waals surface area contributed by atoms with Crippen LogP contribution in [-0.2, 0) is 55.5 Å².